The number of hydrogen-bond donors (Lipinski definition) is 4. The van der Waals surface area contributed by atoms with Crippen molar-refractivity contribution in [1.82, 2.24) is 25.0 Å². The van der Waals surface area contributed by atoms with Crippen molar-refractivity contribution >= 4 is 44.3 Å². The van der Waals surface area contributed by atoms with Crippen LogP contribution in [-0.2, 0) is 35.7 Å². The first kappa shape index (κ1) is 34.6. The number of H-pyrrole nitrogens is 1. The van der Waals surface area contributed by atoms with Gasteiger partial charge in [0.05, 0.1) is 11.7 Å². The molecule has 5 heterocycles. The number of fused-ring (bicyclic) bond motifs is 5. The molecule has 4 aliphatic heterocycles. The number of rotatable bonds is 6. The van der Waals surface area contributed by atoms with Crippen molar-refractivity contribution in [2.24, 2.45) is 17.8 Å². The number of carbonyl (C=O) groups is 3. The van der Waals surface area contributed by atoms with Crippen LogP contribution in [0.1, 0.15) is 65.0 Å². The van der Waals surface area contributed by atoms with Gasteiger partial charge in [-0.15, -0.1) is 0 Å². The number of ether oxygens (including phenoxy) is 1. The topological polar surface area (TPSA) is 173 Å². The maximum Gasteiger partial charge on any atom is 0.281 e. The minimum Gasteiger partial charge on any atom is -0.361 e. The molecule has 3 amide bonds. The second-order valence-corrected chi connectivity index (χ2v) is 15.9. The molecule has 14 heteroatoms. The van der Waals surface area contributed by atoms with Crippen molar-refractivity contribution in [2.75, 3.05) is 25.9 Å². The maximum atomic E-state index is 14.4. The van der Waals surface area contributed by atoms with Crippen molar-refractivity contribution in [3.8, 4) is 0 Å². The molecule has 0 spiro atoms. The van der Waals surface area contributed by atoms with Gasteiger partial charge in [-0.2, -0.15) is 8.42 Å². The van der Waals surface area contributed by atoms with Crippen molar-refractivity contribution in [3.63, 3.8) is 0 Å². The number of hydrogen-bond acceptors (Lipinski definition) is 8. The van der Waals surface area contributed by atoms with Crippen LogP contribution in [0.15, 0.2) is 30.5 Å². The van der Waals surface area contributed by atoms with Crippen molar-refractivity contribution < 1.29 is 37.2 Å². The molecule has 3 fully saturated rings. The molecule has 1 aliphatic carbocycles. The van der Waals surface area contributed by atoms with E-state index in [2.05, 4.69) is 33.5 Å². The number of amides is 3. The van der Waals surface area contributed by atoms with Crippen molar-refractivity contribution in [2.45, 2.75) is 90.1 Å². The third kappa shape index (κ3) is 5.36. The SMILES string of the molecule is CCS(=O)(=O)O.CC[C@H](C)[C@H]1C(=O)N2CCC[C@H]2[C@]2(O)O[C@](NC(=O)[C@@H]3C=C4c5cccc6[nH]cc(c56)C[C@H]4N(C)C3)(C(C)C)C(=O)N12. The Morgan fingerprint density at radius 3 is 2.56 bits per heavy atom. The molecule has 3 saturated heterocycles. The lowest BCUT2D eigenvalue weighted by Gasteiger charge is -2.50. The van der Waals surface area contributed by atoms with Crippen LogP contribution in [0, 0.1) is 17.8 Å². The highest BCUT2D eigenvalue weighted by Crippen LogP contribution is 2.49. The van der Waals surface area contributed by atoms with Crippen LogP contribution >= 0.6 is 0 Å². The van der Waals surface area contributed by atoms with Crippen LogP contribution in [0.25, 0.3) is 16.5 Å². The number of aromatic amines is 1. The lowest BCUT2D eigenvalue weighted by Crippen LogP contribution is -2.72. The standard InChI is InChI=1S/C32H41N5O5.C2H6O3S/c1-6-18(4)27-29(39)36-12-8-11-25(36)32(41)37(27)30(40)31(42-32,17(2)3)34-28(38)20-13-22-21-9-7-10-23-26(21)19(15-33-23)14-24(22)35(5)16-20;1-2-6(3,4)5/h7,9-10,13,15,17-18,20,24-25,27,33,41H,6,8,11-12,14,16H2,1-5H3,(H,34,38);2H2,1H3,(H,3,4,5)/t18-,20+,24+,25-,27-,31+,32-;/m0./s1. The van der Waals surface area contributed by atoms with E-state index in [0.717, 1.165) is 29.5 Å². The highest BCUT2D eigenvalue weighted by Gasteiger charge is 2.72. The summed E-state index contributed by atoms with van der Waals surface area (Å²) in [5.41, 5.74) is 2.79. The van der Waals surface area contributed by atoms with Crippen LogP contribution in [0.5, 0.6) is 0 Å². The molecule has 4 N–H and O–H groups in total. The summed E-state index contributed by atoms with van der Waals surface area (Å²) in [5.74, 6) is -4.48. The van der Waals surface area contributed by atoms with Crippen molar-refractivity contribution in [1.29, 1.82) is 0 Å². The van der Waals surface area contributed by atoms with Gasteiger partial charge in [0.2, 0.25) is 17.5 Å². The summed E-state index contributed by atoms with van der Waals surface area (Å²) in [6.07, 6.45) is 6.87. The van der Waals surface area contributed by atoms with E-state index < -0.39 is 51.6 Å². The number of aliphatic hydroxyl groups is 1. The fourth-order valence-corrected chi connectivity index (χ4v) is 8.11. The smallest absolute Gasteiger partial charge is 0.281 e. The summed E-state index contributed by atoms with van der Waals surface area (Å²) in [4.78, 5) is 50.8. The van der Waals surface area contributed by atoms with Gasteiger partial charge < -0.3 is 20.3 Å². The Bertz CT molecular complexity index is 1770. The highest BCUT2D eigenvalue weighted by molar-refractivity contribution is 7.85. The fraction of sp³-hybridized carbons (Fsp3) is 0.618. The fourth-order valence-electron chi connectivity index (χ4n) is 8.11. The quantitative estimate of drug-likeness (QED) is 0.333. The van der Waals surface area contributed by atoms with Gasteiger partial charge in [0.1, 0.15) is 12.1 Å². The third-order valence-electron chi connectivity index (χ3n) is 11.0. The van der Waals surface area contributed by atoms with Gasteiger partial charge in [-0.1, -0.05) is 52.3 Å². The molecule has 13 nitrogen and oxygen atoms in total. The summed E-state index contributed by atoms with van der Waals surface area (Å²) in [7, 11) is -1.63. The second-order valence-electron chi connectivity index (χ2n) is 14.1. The van der Waals surface area contributed by atoms with Gasteiger partial charge in [0.15, 0.2) is 0 Å². The molecular weight excluding hydrogens is 638 g/mol. The Balaban J connectivity index is 0.000000615. The van der Waals surface area contributed by atoms with E-state index in [1.54, 1.807) is 4.90 Å². The second kappa shape index (κ2) is 12.2. The number of likely N-dealkylation sites (N-methyl/N-ethyl adjacent to an activating group) is 1. The lowest BCUT2D eigenvalue weighted by atomic mass is 9.79. The predicted molar refractivity (Wildman–Crippen MR) is 179 cm³/mol. The molecule has 7 atom stereocenters. The first-order valence-corrected chi connectivity index (χ1v) is 18.5. The Labute approximate surface area is 281 Å². The molecule has 0 radical (unpaired) electrons. The number of nitrogens with zero attached hydrogens (tertiary/aromatic N) is 3. The molecule has 262 valence electrons. The summed E-state index contributed by atoms with van der Waals surface area (Å²) in [5, 5.41) is 16.4. The minimum atomic E-state index is -3.66. The van der Waals surface area contributed by atoms with E-state index in [0.29, 0.717) is 25.9 Å². The lowest BCUT2D eigenvalue weighted by molar-refractivity contribution is -0.324. The van der Waals surface area contributed by atoms with Crippen LogP contribution < -0.4 is 5.32 Å². The van der Waals surface area contributed by atoms with E-state index in [1.165, 1.54) is 22.8 Å². The van der Waals surface area contributed by atoms with Gasteiger partial charge in [0, 0.05) is 42.1 Å². The van der Waals surface area contributed by atoms with Crippen LogP contribution in [-0.4, -0.2) is 111 Å². The molecule has 2 aromatic rings. The Morgan fingerprint density at radius 2 is 1.92 bits per heavy atom. The first-order valence-electron chi connectivity index (χ1n) is 16.9. The average Bonchev–Trinajstić information content (AvgIpc) is 3.76. The Morgan fingerprint density at radius 1 is 1.21 bits per heavy atom. The van der Waals surface area contributed by atoms with Gasteiger partial charge in [-0.25, -0.2) is 0 Å². The molecule has 7 rings (SSSR count). The summed E-state index contributed by atoms with van der Waals surface area (Å²) < 4.78 is 33.4. The zero-order valence-corrected chi connectivity index (χ0v) is 29.2. The zero-order valence-electron chi connectivity index (χ0n) is 28.4. The highest BCUT2D eigenvalue weighted by atomic mass is 32.2. The average molecular weight is 686 g/mol. The zero-order chi connectivity index (χ0) is 34.9. The molecule has 1 aromatic heterocycles. The summed E-state index contributed by atoms with van der Waals surface area (Å²) >= 11 is 0. The third-order valence-corrected chi connectivity index (χ3v) is 11.7. The molecule has 0 bridgehead atoms. The predicted octanol–water partition coefficient (Wildman–Crippen LogP) is 2.32. The van der Waals surface area contributed by atoms with Crippen LogP contribution in [0.2, 0.25) is 0 Å². The van der Waals surface area contributed by atoms with Gasteiger partial charge in [-0.05, 0) is 61.9 Å². The Kier molecular flexibility index (Phi) is 8.81. The first-order chi connectivity index (χ1) is 22.6. The van der Waals surface area contributed by atoms with Gasteiger partial charge in [-0.3, -0.25) is 33.5 Å². The molecule has 5 aliphatic rings. The van der Waals surface area contributed by atoms with Gasteiger partial charge in [0.25, 0.3) is 21.9 Å². The summed E-state index contributed by atoms with van der Waals surface area (Å²) in [6.45, 7) is 9.87. The van der Waals surface area contributed by atoms with Gasteiger partial charge >= 0.3 is 0 Å². The van der Waals surface area contributed by atoms with Crippen molar-refractivity contribution in [3.05, 3.63) is 41.6 Å². The molecule has 48 heavy (non-hydrogen) atoms. The molecular formula is C34H47N5O8S. The minimum absolute atomic E-state index is 0.150. The van der Waals surface area contributed by atoms with E-state index in [1.807, 2.05) is 46.9 Å². The number of benzene rings is 1. The number of nitrogens with one attached hydrogen (secondary N) is 2. The molecule has 0 unspecified atom stereocenters. The number of aromatic nitrogens is 1. The normalized spacial score (nSPS) is 32.0. The van der Waals surface area contributed by atoms with Crippen LogP contribution in [0.3, 0.4) is 0 Å². The number of piperazine rings is 1. The molecule has 0 saturated carbocycles. The molecule has 1 aromatic carbocycles. The van der Waals surface area contributed by atoms with Crippen LogP contribution in [0.4, 0.5) is 0 Å². The van der Waals surface area contributed by atoms with E-state index >= 15 is 0 Å². The Hall–Kier alpha value is -3.30. The van der Waals surface area contributed by atoms with E-state index in [4.69, 9.17) is 9.29 Å². The van der Waals surface area contributed by atoms with E-state index in [9.17, 15) is 27.9 Å². The largest absolute Gasteiger partial charge is 0.361 e. The van der Waals surface area contributed by atoms with E-state index in [-0.39, 0.29) is 29.5 Å². The number of carbonyl (C=O) groups excluding carboxylic acids is 3. The summed E-state index contributed by atoms with van der Waals surface area (Å²) in [6, 6.07) is 4.82. The maximum absolute atomic E-state index is 14.4. The monoisotopic (exact) mass is 685 g/mol.